The van der Waals surface area contributed by atoms with Gasteiger partial charge in [0.25, 0.3) is 0 Å². The summed E-state index contributed by atoms with van der Waals surface area (Å²) in [6.07, 6.45) is -3.80. The molecule has 0 saturated carbocycles. The second kappa shape index (κ2) is 6.70. The highest BCUT2D eigenvalue weighted by Gasteiger charge is 2.32. The smallest absolute Gasteiger partial charge is 0.401 e. The molecular formula is C13H9ClF3N5OS. The molecular weight excluding hydrogens is 367 g/mol. The predicted molar refractivity (Wildman–Crippen MR) is 81.2 cm³/mol. The number of nitriles is 1. The van der Waals surface area contributed by atoms with Gasteiger partial charge >= 0.3 is 6.18 Å². The van der Waals surface area contributed by atoms with Crippen molar-refractivity contribution >= 4 is 34.8 Å². The molecule has 0 bridgehead atoms. The van der Waals surface area contributed by atoms with Crippen molar-refractivity contribution < 1.29 is 18.0 Å². The Morgan fingerprint density at radius 1 is 1.50 bits per heavy atom. The first-order valence-corrected chi connectivity index (χ1v) is 7.65. The predicted octanol–water partition coefficient (Wildman–Crippen LogP) is 2.82. The molecule has 0 fully saturated rings. The van der Waals surface area contributed by atoms with Gasteiger partial charge < -0.3 is 5.73 Å². The summed E-state index contributed by atoms with van der Waals surface area (Å²) in [6.45, 7) is 1.41. The van der Waals surface area contributed by atoms with Gasteiger partial charge in [-0.05, 0) is 13.0 Å². The van der Waals surface area contributed by atoms with E-state index in [-0.39, 0.29) is 32.8 Å². The van der Waals surface area contributed by atoms with Crippen molar-refractivity contribution in [3.8, 4) is 6.07 Å². The number of fused-ring (bicyclic) bond motifs is 1. The maximum atomic E-state index is 12.9. The van der Waals surface area contributed by atoms with Crippen molar-refractivity contribution in [3.63, 3.8) is 0 Å². The topological polar surface area (TPSA) is 97.1 Å². The van der Waals surface area contributed by atoms with Crippen molar-refractivity contribution in [2.24, 2.45) is 5.73 Å². The number of nitrogens with two attached hydrogens (primary N) is 1. The zero-order valence-electron chi connectivity index (χ0n) is 12.1. The third-order valence-corrected chi connectivity index (χ3v) is 4.09. The van der Waals surface area contributed by atoms with E-state index < -0.39 is 17.5 Å². The van der Waals surface area contributed by atoms with Crippen molar-refractivity contribution in [2.75, 3.05) is 5.75 Å². The highest BCUT2D eigenvalue weighted by molar-refractivity contribution is 7.99. The Bertz CT molecular complexity index is 880. The normalized spacial score (nSPS) is 12.8. The lowest BCUT2D eigenvalue weighted by Crippen LogP contribution is -2.11. The molecule has 126 valence electrons. The van der Waals surface area contributed by atoms with Crippen LogP contribution in [0.5, 0.6) is 0 Å². The first-order valence-electron chi connectivity index (χ1n) is 6.29. The number of hydrogen-bond acceptors (Lipinski definition) is 6. The monoisotopic (exact) mass is 375 g/mol. The molecule has 0 aliphatic carbocycles. The van der Waals surface area contributed by atoms with E-state index in [0.29, 0.717) is 0 Å². The number of thioether (sulfide) groups is 1. The lowest BCUT2D eigenvalue weighted by molar-refractivity contribution is -0.137. The van der Waals surface area contributed by atoms with Crippen LogP contribution in [0.4, 0.5) is 13.2 Å². The Morgan fingerprint density at radius 3 is 2.71 bits per heavy atom. The molecule has 24 heavy (non-hydrogen) atoms. The molecule has 6 nitrogen and oxygen atoms in total. The third-order valence-electron chi connectivity index (χ3n) is 2.87. The lowest BCUT2D eigenvalue weighted by Gasteiger charge is -2.08. The van der Waals surface area contributed by atoms with Gasteiger partial charge in [-0.1, -0.05) is 23.4 Å². The fourth-order valence-corrected chi connectivity index (χ4v) is 2.79. The number of halogens is 4. The Hall–Kier alpha value is -2.25. The zero-order chi connectivity index (χ0) is 18.1. The van der Waals surface area contributed by atoms with Gasteiger partial charge in [0.2, 0.25) is 0 Å². The molecule has 0 spiro atoms. The highest BCUT2D eigenvalue weighted by atomic mass is 35.5. The second-order valence-electron chi connectivity index (χ2n) is 4.63. The van der Waals surface area contributed by atoms with Crippen molar-refractivity contribution in [3.05, 3.63) is 34.1 Å². The van der Waals surface area contributed by atoms with Gasteiger partial charge in [0, 0.05) is 11.9 Å². The van der Waals surface area contributed by atoms with Crippen LogP contribution in [0.25, 0.3) is 5.65 Å². The van der Waals surface area contributed by atoms with Crippen LogP contribution in [0, 0.1) is 11.3 Å². The van der Waals surface area contributed by atoms with Gasteiger partial charge in [-0.15, -0.1) is 10.2 Å². The Balaban J connectivity index is 2.34. The van der Waals surface area contributed by atoms with E-state index in [9.17, 15) is 18.0 Å². The highest BCUT2D eigenvalue weighted by Crippen LogP contribution is 2.33. The quantitative estimate of drug-likeness (QED) is 0.501. The van der Waals surface area contributed by atoms with E-state index in [2.05, 4.69) is 10.2 Å². The van der Waals surface area contributed by atoms with E-state index in [1.54, 1.807) is 6.07 Å². The maximum Gasteiger partial charge on any atom is 0.417 e. The first-order chi connectivity index (χ1) is 11.1. The molecule has 0 aliphatic rings. The fraction of sp³-hybridized carbons (Fsp3) is 0.231. The van der Waals surface area contributed by atoms with Crippen LogP contribution >= 0.6 is 23.4 Å². The molecule has 0 amide bonds. The standard InChI is InChI=1S/C13H9ClF3N5OS/c1-6(19)8(3-18)10(23)5-24-12-21-20-11-9(14)2-7(4-22(11)12)13(15,16)17/h2,4H,5,19H2,1H3/b8-6+. The summed E-state index contributed by atoms with van der Waals surface area (Å²) in [5.74, 6) is -0.788. The molecule has 2 N–H and O–H groups in total. The average molecular weight is 376 g/mol. The van der Waals surface area contributed by atoms with Crippen LogP contribution in [0.1, 0.15) is 12.5 Å². The van der Waals surface area contributed by atoms with E-state index in [0.717, 1.165) is 28.4 Å². The number of ketones is 1. The van der Waals surface area contributed by atoms with Gasteiger partial charge in [-0.2, -0.15) is 18.4 Å². The summed E-state index contributed by atoms with van der Waals surface area (Å²) in [6, 6.07) is 2.44. The molecule has 2 aromatic rings. The Kier molecular flexibility index (Phi) is 5.05. The van der Waals surface area contributed by atoms with Crippen LogP contribution in [0.15, 0.2) is 28.7 Å². The Labute approximate surface area is 143 Å². The van der Waals surface area contributed by atoms with Crippen molar-refractivity contribution in [1.82, 2.24) is 14.6 Å². The van der Waals surface area contributed by atoms with Crippen LogP contribution < -0.4 is 5.73 Å². The minimum Gasteiger partial charge on any atom is -0.401 e. The summed E-state index contributed by atoms with van der Waals surface area (Å²) in [5.41, 5.74) is 4.35. The molecule has 0 saturated heterocycles. The SMILES string of the molecule is C/C(N)=C(/C#N)C(=O)CSc1nnc2c(Cl)cc(C(F)(F)F)cn12. The molecule has 0 aliphatic heterocycles. The van der Waals surface area contributed by atoms with Gasteiger partial charge in [-0.25, -0.2) is 0 Å². The van der Waals surface area contributed by atoms with E-state index >= 15 is 0 Å². The minimum atomic E-state index is -4.59. The van der Waals surface area contributed by atoms with Crippen LogP contribution in [-0.2, 0) is 11.0 Å². The first kappa shape index (κ1) is 18.1. The van der Waals surface area contributed by atoms with E-state index in [4.69, 9.17) is 22.6 Å². The number of allylic oxidation sites excluding steroid dienone is 2. The van der Waals surface area contributed by atoms with Crippen LogP contribution in [-0.4, -0.2) is 26.1 Å². The molecule has 0 aromatic carbocycles. The molecule has 11 heteroatoms. The largest absolute Gasteiger partial charge is 0.417 e. The number of rotatable bonds is 4. The number of carbonyl (C=O) groups is 1. The molecule has 2 rings (SSSR count). The summed E-state index contributed by atoms with van der Waals surface area (Å²) in [5, 5.41) is 16.1. The minimum absolute atomic E-state index is 0.0330. The number of aromatic nitrogens is 3. The van der Waals surface area contributed by atoms with Crippen molar-refractivity contribution in [1.29, 1.82) is 5.26 Å². The molecule has 2 heterocycles. The van der Waals surface area contributed by atoms with Gasteiger partial charge in [0.05, 0.1) is 16.3 Å². The summed E-state index contributed by atoms with van der Waals surface area (Å²) >= 11 is 6.62. The number of Topliss-reactive ketones (excluding diaryl/α,β-unsaturated/α-hetero) is 1. The summed E-state index contributed by atoms with van der Waals surface area (Å²) in [7, 11) is 0. The van der Waals surface area contributed by atoms with Gasteiger partial charge in [0.15, 0.2) is 16.6 Å². The number of alkyl halides is 3. The zero-order valence-corrected chi connectivity index (χ0v) is 13.6. The third kappa shape index (κ3) is 3.63. The van der Waals surface area contributed by atoms with Gasteiger partial charge in [0.1, 0.15) is 11.6 Å². The van der Waals surface area contributed by atoms with Gasteiger partial charge in [-0.3, -0.25) is 9.20 Å². The number of pyridine rings is 1. The fourth-order valence-electron chi connectivity index (χ4n) is 1.76. The lowest BCUT2D eigenvalue weighted by atomic mass is 10.2. The van der Waals surface area contributed by atoms with Crippen LogP contribution in [0.2, 0.25) is 5.02 Å². The number of carbonyl (C=O) groups excluding carboxylic acids is 1. The van der Waals surface area contributed by atoms with Crippen LogP contribution in [0.3, 0.4) is 0 Å². The molecule has 0 radical (unpaired) electrons. The van der Waals surface area contributed by atoms with Crippen molar-refractivity contribution in [2.45, 2.75) is 18.3 Å². The number of hydrogen-bond donors (Lipinski definition) is 1. The van der Waals surface area contributed by atoms with E-state index in [1.165, 1.54) is 6.92 Å². The molecule has 2 aromatic heterocycles. The maximum absolute atomic E-state index is 12.9. The molecule has 0 unspecified atom stereocenters. The molecule has 0 atom stereocenters. The Morgan fingerprint density at radius 2 is 2.17 bits per heavy atom. The summed E-state index contributed by atoms with van der Waals surface area (Å²) < 4.78 is 39.6. The second-order valence-corrected chi connectivity index (χ2v) is 5.98. The average Bonchev–Trinajstić information content (AvgIpc) is 2.88. The number of nitrogens with zero attached hydrogens (tertiary/aromatic N) is 4. The summed E-state index contributed by atoms with van der Waals surface area (Å²) in [4.78, 5) is 11.9. The van der Waals surface area contributed by atoms with E-state index in [1.807, 2.05) is 0 Å².